The zero-order valence-corrected chi connectivity index (χ0v) is 7.94. The van der Waals surface area contributed by atoms with E-state index in [2.05, 4.69) is 12.6 Å². The van der Waals surface area contributed by atoms with Crippen molar-refractivity contribution in [1.82, 2.24) is 5.01 Å². The van der Waals surface area contributed by atoms with Crippen molar-refractivity contribution in [3.05, 3.63) is 0 Å². The van der Waals surface area contributed by atoms with Gasteiger partial charge in [-0.15, -0.1) is 12.4 Å². The number of rotatable bonds is 4. The topological polar surface area (TPSA) is 66.6 Å². The Morgan fingerprint density at radius 1 is 1.82 bits per heavy atom. The molecule has 0 aliphatic rings. The molecule has 0 aliphatic heterocycles. The van der Waals surface area contributed by atoms with Crippen LogP contribution in [0.3, 0.4) is 0 Å². The molecule has 0 bridgehead atoms. The third-order valence-electron chi connectivity index (χ3n) is 1.22. The van der Waals surface area contributed by atoms with Gasteiger partial charge in [-0.1, -0.05) is 6.92 Å². The second kappa shape index (κ2) is 6.72. The van der Waals surface area contributed by atoms with Crippen molar-refractivity contribution < 1.29 is 9.90 Å². The minimum absolute atomic E-state index is 0. The summed E-state index contributed by atoms with van der Waals surface area (Å²) in [6, 6.07) is -0.673. The number of carboxylic acids is 1. The van der Waals surface area contributed by atoms with E-state index in [0.29, 0.717) is 6.54 Å². The van der Waals surface area contributed by atoms with E-state index < -0.39 is 12.0 Å². The molecule has 0 spiro atoms. The summed E-state index contributed by atoms with van der Waals surface area (Å²) < 4.78 is 0. The first-order chi connectivity index (χ1) is 4.63. The first kappa shape index (κ1) is 13.6. The van der Waals surface area contributed by atoms with Gasteiger partial charge in [-0.3, -0.25) is 10.6 Å². The number of thiol groups is 1. The van der Waals surface area contributed by atoms with Crippen LogP contribution in [0.15, 0.2) is 0 Å². The number of carbonyl (C=O) groups is 1. The van der Waals surface area contributed by atoms with Gasteiger partial charge >= 0.3 is 5.97 Å². The van der Waals surface area contributed by atoms with Gasteiger partial charge in [0.25, 0.3) is 0 Å². The predicted octanol–water partition coefficient (Wildman–Crippen LogP) is -0.0132. The summed E-state index contributed by atoms with van der Waals surface area (Å²) in [5.74, 6) is 4.64. The molecule has 4 nitrogen and oxygen atoms in total. The number of carboxylic acid groups (broad SMARTS) is 1. The van der Waals surface area contributed by atoms with E-state index in [1.54, 1.807) is 6.92 Å². The lowest BCUT2D eigenvalue weighted by Gasteiger charge is -2.19. The van der Waals surface area contributed by atoms with Crippen LogP contribution in [-0.2, 0) is 4.79 Å². The van der Waals surface area contributed by atoms with E-state index >= 15 is 0 Å². The molecule has 6 heteroatoms. The smallest absolute Gasteiger partial charge is 0.323 e. The molecule has 0 amide bonds. The number of halogens is 1. The fourth-order valence-corrected chi connectivity index (χ4v) is 0.911. The van der Waals surface area contributed by atoms with E-state index in [4.69, 9.17) is 10.9 Å². The Kier molecular flexibility index (Phi) is 8.32. The maximum atomic E-state index is 10.4. The minimum atomic E-state index is -0.931. The SMILES string of the molecule is CCN(N)C(CS)C(=O)O.Cl. The van der Waals surface area contributed by atoms with Crippen LogP contribution in [-0.4, -0.2) is 34.4 Å². The molecule has 0 saturated heterocycles. The molecule has 0 aromatic carbocycles. The van der Waals surface area contributed by atoms with Gasteiger partial charge in [-0.05, 0) is 0 Å². The van der Waals surface area contributed by atoms with Gasteiger partial charge in [0.2, 0.25) is 0 Å². The minimum Gasteiger partial charge on any atom is -0.480 e. The molecule has 0 fully saturated rings. The lowest BCUT2D eigenvalue weighted by Crippen LogP contribution is -2.46. The first-order valence-corrected chi connectivity index (χ1v) is 3.61. The molecule has 0 heterocycles. The largest absolute Gasteiger partial charge is 0.480 e. The van der Waals surface area contributed by atoms with Crippen molar-refractivity contribution in [3.8, 4) is 0 Å². The number of hydrazine groups is 1. The fourth-order valence-electron chi connectivity index (χ4n) is 0.545. The van der Waals surface area contributed by atoms with E-state index in [1.807, 2.05) is 0 Å². The van der Waals surface area contributed by atoms with Crippen molar-refractivity contribution in [2.75, 3.05) is 12.3 Å². The summed E-state index contributed by atoms with van der Waals surface area (Å²) in [5, 5.41) is 9.75. The number of nitrogens with zero attached hydrogens (tertiary/aromatic N) is 1. The summed E-state index contributed by atoms with van der Waals surface area (Å²) in [5.41, 5.74) is 0. The average molecular weight is 201 g/mol. The summed E-state index contributed by atoms with van der Waals surface area (Å²) >= 11 is 3.85. The number of hydrogen-bond donors (Lipinski definition) is 3. The summed E-state index contributed by atoms with van der Waals surface area (Å²) in [7, 11) is 0. The Balaban J connectivity index is 0. The highest BCUT2D eigenvalue weighted by atomic mass is 35.5. The molecular formula is C5H13ClN2O2S. The van der Waals surface area contributed by atoms with Gasteiger partial charge in [-0.2, -0.15) is 12.6 Å². The monoisotopic (exact) mass is 200 g/mol. The van der Waals surface area contributed by atoms with Crippen molar-refractivity contribution in [3.63, 3.8) is 0 Å². The highest BCUT2D eigenvalue weighted by molar-refractivity contribution is 7.80. The van der Waals surface area contributed by atoms with Gasteiger partial charge < -0.3 is 5.11 Å². The van der Waals surface area contributed by atoms with Gasteiger partial charge in [0.1, 0.15) is 6.04 Å². The Morgan fingerprint density at radius 2 is 2.27 bits per heavy atom. The molecule has 1 unspecified atom stereocenters. The van der Waals surface area contributed by atoms with E-state index in [9.17, 15) is 4.79 Å². The van der Waals surface area contributed by atoms with E-state index in [0.717, 1.165) is 0 Å². The second-order valence-electron chi connectivity index (χ2n) is 1.87. The van der Waals surface area contributed by atoms with Crippen LogP contribution < -0.4 is 5.84 Å². The van der Waals surface area contributed by atoms with Crippen LogP contribution in [0.4, 0.5) is 0 Å². The van der Waals surface area contributed by atoms with Gasteiger partial charge in [-0.25, -0.2) is 5.01 Å². The van der Waals surface area contributed by atoms with Crippen molar-refractivity contribution >= 4 is 31.0 Å². The fraction of sp³-hybridized carbons (Fsp3) is 0.800. The lowest BCUT2D eigenvalue weighted by atomic mass is 10.3. The Morgan fingerprint density at radius 3 is 2.36 bits per heavy atom. The van der Waals surface area contributed by atoms with Crippen molar-refractivity contribution in [1.29, 1.82) is 0 Å². The Labute approximate surface area is 77.5 Å². The van der Waals surface area contributed by atoms with Crippen LogP contribution in [0.5, 0.6) is 0 Å². The number of likely N-dealkylation sites (N-methyl/N-ethyl adjacent to an activating group) is 1. The van der Waals surface area contributed by atoms with Gasteiger partial charge in [0.15, 0.2) is 0 Å². The number of nitrogens with two attached hydrogens (primary N) is 1. The van der Waals surface area contributed by atoms with Crippen molar-refractivity contribution in [2.45, 2.75) is 13.0 Å². The van der Waals surface area contributed by atoms with E-state index in [-0.39, 0.29) is 18.2 Å². The normalized spacial score (nSPS) is 12.4. The zero-order chi connectivity index (χ0) is 8.15. The molecule has 3 N–H and O–H groups in total. The van der Waals surface area contributed by atoms with Crippen LogP contribution in [0.1, 0.15) is 6.92 Å². The summed E-state index contributed by atoms with van der Waals surface area (Å²) in [4.78, 5) is 10.4. The van der Waals surface area contributed by atoms with Crippen LogP contribution >= 0.6 is 25.0 Å². The number of aliphatic carboxylic acids is 1. The molecule has 68 valence electrons. The Bertz CT molecular complexity index is 125. The first-order valence-electron chi connectivity index (χ1n) is 2.98. The third-order valence-corrected chi connectivity index (χ3v) is 1.57. The van der Waals surface area contributed by atoms with Gasteiger partial charge in [0, 0.05) is 12.3 Å². The highest BCUT2D eigenvalue weighted by Crippen LogP contribution is 1.95. The lowest BCUT2D eigenvalue weighted by molar-refractivity contribution is -0.142. The highest BCUT2D eigenvalue weighted by Gasteiger charge is 2.19. The zero-order valence-electron chi connectivity index (χ0n) is 6.23. The quantitative estimate of drug-likeness (QED) is 0.339. The molecule has 1 atom stereocenters. The molecule has 0 aromatic heterocycles. The Hall–Kier alpha value is 0.0300. The number of hydrogen-bond acceptors (Lipinski definition) is 4. The van der Waals surface area contributed by atoms with Crippen LogP contribution in [0.2, 0.25) is 0 Å². The maximum absolute atomic E-state index is 10.4. The summed E-state index contributed by atoms with van der Waals surface area (Å²) in [6.07, 6.45) is 0. The molecule has 11 heavy (non-hydrogen) atoms. The maximum Gasteiger partial charge on any atom is 0.323 e. The second-order valence-corrected chi connectivity index (χ2v) is 2.23. The van der Waals surface area contributed by atoms with Gasteiger partial charge in [0.05, 0.1) is 0 Å². The third kappa shape index (κ3) is 4.47. The predicted molar refractivity (Wildman–Crippen MR) is 49.1 cm³/mol. The molecule has 0 rings (SSSR count). The standard InChI is InChI=1S/C5H12N2O2S.ClH/c1-2-7(6)4(3-10)5(8)9;/h4,10H,2-3,6H2,1H3,(H,8,9);1H. The molecule has 0 aliphatic carbocycles. The van der Waals surface area contributed by atoms with Crippen molar-refractivity contribution in [2.24, 2.45) is 5.84 Å². The molecular weight excluding hydrogens is 188 g/mol. The average Bonchev–Trinajstić information content (AvgIpc) is 1.88. The summed E-state index contributed by atoms with van der Waals surface area (Å²) in [6.45, 7) is 2.30. The molecule has 0 aromatic rings. The molecule has 0 radical (unpaired) electrons. The van der Waals surface area contributed by atoms with Crippen LogP contribution in [0.25, 0.3) is 0 Å². The van der Waals surface area contributed by atoms with E-state index in [1.165, 1.54) is 5.01 Å². The molecule has 0 saturated carbocycles. The van der Waals surface area contributed by atoms with Crippen LogP contribution in [0, 0.1) is 0 Å².